The van der Waals surface area contributed by atoms with E-state index >= 15 is 0 Å². The molecule has 0 unspecified atom stereocenters. The second-order valence-electron chi connectivity index (χ2n) is 9.62. The van der Waals surface area contributed by atoms with Crippen LogP contribution < -0.4 is 0 Å². The Kier molecular flexibility index (Phi) is 4.19. The van der Waals surface area contributed by atoms with E-state index in [9.17, 15) is 10.2 Å². The van der Waals surface area contributed by atoms with E-state index in [1.807, 2.05) is 0 Å². The van der Waals surface area contributed by atoms with Gasteiger partial charge in [0.1, 0.15) is 5.60 Å². The third-order valence-electron chi connectivity index (χ3n) is 7.47. The zero-order valence-corrected chi connectivity index (χ0v) is 18.1. The van der Waals surface area contributed by atoms with Gasteiger partial charge in [-0.15, -0.1) is 0 Å². The van der Waals surface area contributed by atoms with Gasteiger partial charge in [0.25, 0.3) is 0 Å². The van der Waals surface area contributed by atoms with Gasteiger partial charge in [0.2, 0.25) is 0 Å². The van der Waals surface area contributed by atoms with E-state index in [2.05, 4.69) is 55.2 Å². The summed E-state index contributed by atoms with van der Waals surface area (Å²) in [5, 5.41) is 21.9. The molecule has 3 aromatic rings. The summed E-state index contributed by atoms with van der Waals surface area (Å²) in [6, 6.07) is 13.2. The van der Waals surface area contributed by atoms with Crippen LogP contribution in [-0.4, -0.2) is 33.0 Å². The van der Waals surface area contributed by atoms with Crippen LogP contribution in [0.2, 0.25) is 0 Å². The molecule has 5 heteroatoms. The van der Waals surface area contributed by atoms with Gasteiger partial charge in [-0.3, -0.25) is 0 Å². The molecule has 3 N–H and O–H groups in total. The van der Waals surface area contributed by atoms with Crippen LogP contribution in [0.1, 0.15) is 59.7 Å². The first-order chi connectivity index (χ1) is 14.9. The van der Waals surface area contributed by atoms with Crippen LogP contribution >= 0.6 is 0 Å². The number of benzene rings is 2. The molecule has 0 bridgehead atoms. The second-order valence-corrected chi connectivity index (χ2v) is 9.62. The van der Waals surface area contributed by atoms with E-state index in [0.717, 1.165) is 29.5 Å². The van der Waals surface area contributed by atoms with Crippen LogP contribution in [0.4, 0.5) is 0 Å². The predicted molar refractivity (Wildman–Crippen MR) is 118 cm³/mol. The van der Waals surface area contributed by atoms with Gasteiger partial charge in [0.05, 0.1) is 18.8 Å². The first-order valence-corrected chi connectivity index (χ1v) is 11.3. The maximum Gasteiger partial charge on any atom is 0.198 e. The van der Waals surface area contributed by atoms with Crippen LogP contribution in [0.3, 0.4) is 0 Å². The normalized spacial score (nSPS) is 31.6. The number of aromatic nitrogens is 1. The molecule has 6 rings (SSSR count). The number of fused-ring (bicyclic) bond motifs is 3. The highest BCUT2D eigenvalue weighted by Crippen LogP contribution is 2.57. The number of nitrogens with one attached hydrogen (secondary N) is 1. The Hall–Kier alpha value is -2.18. The van der Waals surface area contributed by atoms with Crippen molar-refractivity contribution in [3.8, 4) is 0 Å². The summed E-state index contributed by atoms with van der Waals surface area (Å²) in [5.74, 6) is -0.968. The molecular weight excluding hydrogens is 390 g/mol. The van der Waals surface area contributed by atoms with E-state index < -0.39 is 23.6 Å². The van der Waals surface area contributed by atoms with Crippen LogP contribution in [0.25, 0.3) is 10.9 Å². The van der Waals surface area contributed by atoms with E-state index in [1.165, 1.54) is 27.8 Å². The number of rotatable bonds is 3. The van der Waals surface area contributed by atoms with Crippen LogP contribution in [-0.2, 0) is 34.7 Å². The Morgan fingerprint density at radius 1 is 1.06 bits per heavy atom. The summed E-state index contributed by atoms with van der Waals surface area (Å²) < 4.78 is 12.6. The lowest BCUT2D eigenvalue weighted by atomic mass is 9.89. The number of hydrogen-bond donors (Lipinski definition) is 3. The lowest BCUT2D eigenvalue weighted by Crippen LogP contribution is -2.46. The quantitative estimate of drug-likeness (QED) is 0.600. The van der Waals surface area contributed by atoms with Crippen molar-refractivity contribution < 1.29 is 19.7 Å². The summed E-state index contributed by atoms with van der Waals surface area (Å²) >= 11 is 0. The topological polar surface area (TPSA) is 74.7 Å². The molecule has 1 saturated heterocycles. The zero-order chi connectivity index (χ0) is 21.4. The number of aryl methyl sites for hydroxylation is 2. The highest BCUT2D eigenvalue weighted by atomic mass is 16.7. The maximum absolute atomic E-state index is 10.6. The van der Waals surface area contributed by atoms with Gasteiger partial charge in [0.15, 0.2) is 5.79 Å². The summed E-state index contributed by atoms with van der Waals surface area (Å²) in [4.78, 5) is 3.55. The molecule has 2 aromatic carbocycles. The Morgan fingerprint density at radius 3 is 2.52 bits per heavy atom. The summed E-state index contributed by atoms with van der Waals surface area (Å²) in [7, 11) is 0. The number of aliphatic hydroxyl groups is 2. The smallest absolute Gasteiger partial charge is 0.198 e. The third kappa shape index (κ3) is 2.99. The van der Waals surface area contributed by atoms with Crippen molar-refractivity contribution in [3.05, 3.63) is 69.9 Å². The summed E-state index contributed by atoms with van der Waals surface area (Å²) in [5.41, 5.74) is 7.62. The molecule has 31 heavy (non-hydrogen) atoms. The molecule has 2 aliphatic heterocycles. The molecule has 162 valence electrons. The van der Waals surface area contributed by atoms with Crippen LogP contribution in [0.15, 0.2) is 36.4 Å². The average Bonchev–Trinajstić information content (AvgIpc) is 3.06. The fraction of sp³-hybridized carbons (Fsp3) is 0.462. The van der Waals surface area contributed by atoms with Gasteiger partial charge in [-0.05, 0) is 54.2 Å². The highest BCUT2D eigenvalue weighted by molar-refractivity contribution is 5.87. The SMILES string of the molecule is CCc1ccc(Cc2c(C)[nH]c3cc4c(cc23)[C@]2(C[C@@H](O)C[C@@]3(C[C@H]3O)O2)OC4)cc1. The average molecular weight is 420 g/mol. The lowest BCUT2D eigenvalue weighted by Gasteiger charge is -2.41. The van der Waals surface area contributed by atoms with Gasteiger partial charge in [-0.25, -0.2) is 0 Å². The number of aliphatic hydroxyl groups excluding tert-OH is 2. The minimum atomic E-state index is -0.968. The van der Waals surface area contributed by atoms with Gasteiger partial charge >= 0.3 is 0 Å². The fourth-order valence-electron chi connectivity index (χ4n) is 5.59. The summed E-state index contributed by atoms with van der Waals surface area (Å²) in [6.45, 7) is 4.76. The van der Waals surface area contributed by atoms with Crippen molar-refractivity contribution in [2.45, 2.75) is 76.2 Å². The molecule has 3 aliphatic rings. The molecule has 1 saturated carbocycles. The monoisotopic (exact) mass is 419 g/mol. The number of ether oxygens (including phenoxy) is 2. The molecule has 0 amide bonds. The van der Waals surface area contributed by atoms with E-state index in [4.69, 9.17) is 9.47 Å². The van der Waals surface area contributed by atoms with E-state index in [1.54, 1.807) is 0 Å². The van der Waals surface area contributed by atoms with Crippen molar-refractivity contribution in [1.82, 2.24) is 4.98 Å². The van der Waals surface area contributed by atoms with Crippen molar-refractivity contribution in [2.75, 3.05) is 0 Å². The molecule has 4 atom stereocenters. The minimum Gasteiger partial charge on any atom is -0.393 e. The maximum atomic E-state index is 10.6. The largest absolute Gasteiger partial charge is 0.393 e. The molecule has 1 aliphatic carbocycles. The molecule has 3 heterocycles. The highest BCUT2D eigenvalue weighted by Gasteiger charge is 2.64. The van der Waals surface area contributed by atoms with Crippen molar-refractivity contribution in [3.63, 3.8) is 0 Å². The van der Waals surface area contributed by atoms with Gasteiger partial charge in [-0.2, -0.15) is 0 Å². The molecule has 2 fully saturated rings. The molecule has 1 aromatic heterocycles. The van der Waals surface area contributed by atoms with Crippen molar-refractivity contribution in [1.29, 1.82) is 0 Å². The lowest BCUT2D eigenvalue weighted by molar-refractivity contribution is -0.312. The molecule has 0 radical (unpaired) electrons. The Balaban J connectivity index is 1.41. The standard InChI is InChI=1S/C26H29NO4/c1-3-16-4-6-17(7-5-16)8-20-15(2)27-23-9-18-14-30-26(22(18)10-21(20)23)12-19(28)11-25(31-26)13-24(25)29/h4-7,9-10,19,24,27-29H,3,8,11-14H2,1-2H3/t19-,24+,25-,26+/m0/s1. The first kappa shape index (κ1) is 19.5. The van der Waals surface area contributed by atoms with Crippen molar-refractivity contribution >= 4 is 10.9 Å². The summed E-state index contributed by atoms with van der Waals surface area (Å²) in [6.07, 6.45) is 2.27. The number of hydrogen-bond acceptors (Lipinski definition) is 4. The predicted octanol–water partition coefficient (Wildman–Crippen LogP) is 3.99. The molecule has 2 spiro atoms. The molecule has 5 nitrogen and oxygen atoms in total. The van der Waals surface area contributed by atoms with Gasteiger partial charge in [0, 0.05) is 41.4 Å². The fourth-order valence-corrected chi connectivity index (χ4v) is 5.59. The first-order valence-electron chi connectivity index (χ1n) is 11.3. The van der Waals surface area contributed by atoms with Gasteiger partial charge in [-0.1, -0.05) is 31.2 Å². The third-order valence-corrected chi connectivity index (χ3v) is 7.47. The minimum absolute atomic E-state index is 0.400. The van der Waals surface area contributed by atoms with Crippen molar-refractivity contribution in [2.24, 2.45) is 0 Å². The zero-order valence-electron chi connectivity index (χ0n) is 18.1. The Morgan fingerprint density at radius 2 is 1.81 bits per heavy atom. The molecular formula is C26H29NO4. The second kappa shape index (κ2) is 6.66. The van der Waals surface area contributed by atoms with Crippen LogP contribution in [0, 0.1) is 6.92 Å². The van der Waals surface area contributed by atoms with Crippen LogP contribution in [0.5, 0.6) is 0 Å². The number of H-pyrrole nitrogens is 1. The van der Waals surface area contributed by atoms with Gasteiger partial charge < -0.3 is 24.7 Å². The number of aromatic amines is 1. The van der Waals surface area contributed by atoms with E-state index in [-0.39, 0.29) is 0 Å². The van der Waals surface area contributed by atoms with E-state index in [0.29, 0.717) is 25.9 Å². The Labute approximate surface area is 182 Å². The Bertz CT molecular complexity index is 1170.